The van der Waals surface area contributed by atoms with Gasteiger partial charge in [0.1, 0.15) is 6.10 Å². The maximum Gasteiger partial charge on any atom is 0.173 e. The van der Waals surface area contributed by atoms with Gasteiger partial charge in [-0.05, 0) is 111 Å². The van der Waals surface area contributed by atoms with Crippen LogP contribution in [0.25, 0.3) is 0 Å². The molecule has 3 spiro atoms. The van der Waals surface area contributed by atoms with Crippen molar-refractivity contribution in [2.75, 3.05) is 0 Å². The molecule has 2 bridgehead atoms. The molecular formula is C28H46O4. The lowest BCUT2D eigenvalue weighted by Crippen LogP contribution is -2.54. The van der Waals surface area contributed by atoms with E-state index in [1.807, 2.05) is 13.8 Å². The molecule has 5 aliphatic carbocycles. The van der Waals surface area contributed by atoms with Crippen molar-refractivity contribution in [3.05, 3.63) is 0 Å². The summed E-state index contributed by atoms with van der Waals surface area (Å²) in [6.45, 7) is 11.1. The summed E-state index contributed by atoms with van der Waals surface area (Å²) in [6, 6.07) is 0. The van der Waals surface area contributed by atoms with Gasteiger partial charge in [0.15, 0.2) is 5.79 Å². The molecule has 7 fully saturated rings. The molecule has 182 valence electrons. The molecule has 4 heteroatoms. The number of ether oxygens (including phenoxy) is 2. The normalized spacial score (nSPS) is 61.8. The number of fused-ring (bicyclic) bond motifs is 4. The average Bonchev–Trinajstić information content (AvgIpc) is 3.19. The van der Waals surface area contributed by atoms with E-state index in [1.54, 1.807) is 0 Å². The van der Waals surface area contributed by atoms with E-state index < -0.39 is 11.4 Å². The highest BCUT2D eigenvalue weighted by atomic mass is 16.8. The molecule has 9 unspecified atom stereocenters. The molecule has 0 radical (unpaired) electrons. The Hall–Kier alpha value is -0.160. The van der Waals surface area contributed by atoms with Crippen molar-refractivity contribution in [2.24, 2.45) is 45.3 Å². The minimum atomic E-state index is -0.855. The van der Waals surface area contributed by atoms with E-state index in [0.29, 0.717) is 34.0 Å². The third kappa shape index (κ3) is 2.17. The molecule has 0 amide bonds. The van der Waals surface area contributed by atoms with Gasteiger partial charge in [-0.15, -0.1) is 0 Å². The minimum Gasteiger partial charge on any atom is -0.393 e. The van der Waals surface area contributed by atoms with Gasteiger partial charge in [-0.25, -0.2) is 0 Å². The highest BCUT2D eigenvalue weighted by Crippen LogP contribution is 2.87. The van der Waals surface area contributed by atoms with E-state index >= 15 is 0 Å². The van der Waals surface area contributed by atoms with Gasteiger partial charge in [-0.1, -0.05) is 20.8 Å². The van der Waals surface area contributed by atoms with E-state index in [4.69, 9.17) is 9.47 Å². The summed E-state index contributed by atoms with van der Waals surface area (Å²) in [7, 11) is 0. The quantitative estimate of drug-likeness (QED) is 0.574. The molecule has 7 aliphatic rings. The number of aliphatic hydroxyl groups excluding tert-OH is 1. The summed E-state index contributed by atoms with van der Waals surface area (Å²) in [5.41, 5.74) is 0.499. The van der Waals surface area contributed by atoms with Crippen LogP contribution in [0.2, 0.25) is 0 Å². The van der Waals surface area contributed by atoms with Crippen LogP contribution >= 0.6 is 0 Å². The lowest BCUT2D eigenvalue weighted by molar-refractivity contribution is -0.232. The van der Waals surface area contributed by atoms with Gasteiger partial charge in [-0.2, -0.15) is 0 Å². The fourth-order valence-electron chi connectivity index (χ4n) is 11.6. The zero-order valence-corrected chi connectivity index (χ0v) is 20.8. The maximum absolute atomic E-state index is 10.8. The first kappa shape index (κ1) is 21.1. The summed E-state index contributed by atoms with van der Waals surface area (Å²) in [4.78, 5) is 0. The minimum absolute atomic E-state index is 0. The summed E-state index contributed by atoms with van der Waals surface area (Å²) >= 11 is 0. The first-order valence-corrected chi connectivity index (χ1v) is 13.7. The molecule has 11 atom stereocenters. The highest BCUT2D eigenvalue weighted by molar-refractivity contribution is 5.30. The Kier molecular flexibility index (Phi) is 3.83. The van der Waals surface area contributed by atoms with Crippen LogP contribution in [0.5, 0.6) is 0 Å². The second-order valence-electron chi connectivity index (χ2n) is 14.7. The third-order valence-electron chi connectivity index (χ3n) is 13.0. The van der Waals surface area contributed by atoms with Crippen LogP contribution in [0.3, 0.4) is 0 Å². The average molecular weight is 447 g/mol. The van der Waals surface area contributed by atoms with Crippen LogP contribution in [0.4, 0.5) is 0 Å². The Labute approximate surface area is 195 Å². The van der Waals surface area contributed by atoms with Crippen molar-refractivity contribution in [3.63, 3.8) is 0 Å². The van der Waals surface area contributed by atoms with Crippen molar-refractivity contribution in [1.29, 1.82) is 0 Å². The van der Waals surface area contributed by atoms with Gasteiger partial charge in [-0.3, -0.25) is 0 Å². The molecule has 0 aromatic rings. The molecule has 0 aromatic heterocycles. The highest BCUT2D eigenvalue weighted by Gasteiger charge is 2.82. The Morgan fingerprint density at radius 2 is 1.59 bits per heavy atom. The molecule has 4 nitrogen and oxygen atoms in total. The van der Waals surface area contributed by atoms with E-state index in [1.165, 1.54) is 44.9 Å². The SMILES string of the molecule is CC12CCC34CC35CC[C@H](O)C(C)(C)C5CCC4C1CC13OC(CCC12)[C@@H](C(C)(C)O)O3.[HH]. The summed E-state index contributed by atoms with van der Waals surface area (Å²) < 4.78 is 13.6. The first-order valence-electron chi connectivity index (χ1n) is 13.7. The molecule has 2 heterocycles. The predicted octanol–water partition coefficient (Wildman–Crippen LogP) is 5.30. The van der Waals surface area contributed by atoms with Gasteiger partial charge >= 0.3 is 0 Å². The first-order chi connectivity index (χ1) is 14.9. The second-order valence-corrected chi connectivity index (χ2v) is 14.7. The van der Waals surface area contributed by atoms with Gasteiger partial charge in [0.2, 0.25) is 0 Å². The van der Waals surface area contributed by atoms with Gasteiger partial charge < -0.3 is 19.7 Å². The Morgan fingerprint density at radius 3 is 2.34 bits per heavy atom. The lowest BCUT2D eigenvalue weighted by Gasteiger charge is -2.59. The Balaban J connectivity index is 0.00000206. The second kappa shape index (κ2) is 5.79. The molecule has 7 rings (SSSR count). The molecule has 2 saturated heterocycles. The Morgan fingerprint density at radius 1 is 0.844 bits per heavy atom. The van der Waals surface area contributed by atoms with Crippen molar-refractivity contribution in [3.8, 4) is 0 Å². The predicted molar refractivity (Wildman–Crippen MR) is 124 cm³/mol. The number of rotatable bonds is 1. The number of hydrogen-bond donors (Lipinski definition) is 2. The van der Waals surface area contributed by atoms with Gasteiger partial charge in [0.05, 0.1) is 17.8 Å². The number of hydrogen-bond acceptors (Lipinski definition) is 4. The van der Waals surface area contributed by atoms with Crippen molar-refractivity contribution in [2.45, 2.75) is 129 Å². The van der Waals surface area contributed by atoms with E-state index in [9.17, 15) is 10.2 Å². The van der Waals surface area contributed by atoms with Crippen molar-refractivity contribution >= 4 is 0 Å². The van der Waals surface area contributed by atoms with Crippen LogP contribution in [0.15, 0.2) is 0 Å². The van der Waals surface area contributed by atoms with Gasteiger partial charge in [0.25, 0.3) is 0 Å². The zero-order chi connectivity index (χ0) is 22.5. The maximum atomic E-state index is 10.8. The molecule has 32 heavy (non-hydrogen) atoms. The monoisotopic (exact) mass is 446 g/mol. The van der Waals surface area contributed by atoms with Crippen LogP contribution in [-0.4, -0.2) is 39.9 Å². The molecule has 2 aliphatic heterocycles. The van der Waals surface area contributed by atoms with Gasteiger partial charge in [0, 0.05) is 13.8 Å². The topological polar surface area (TPSA) is 58.9 Å². The lowest BCUT2D eigenvalue weighted by atomic mass is 9.46. The fraction of sp³-hybridized carbons (Fsp3) is 1.00. The standard InChI is InChI=1S/C28H44O4.H2/c1-23(2)19-8-6-16-17-14-28-20(9-7-18(31-28)22(32-28)24(3,4)30)25(17,5)12-13-26(16)15-27(19,26)11-10-21(23)29;/h16-22,29-30H,6-15H2,1-5H3;1H/t16?,17?,18?,19?,20?,21-,22-,25?,26?,27?,28?;/m0./s1. The molecule has 5 saturated carbocycles. The van der Waals surface area contributed by atoms with Crippen molar-refractivity contribution < 1.29 is 21.1 Å². The third-order valence-corrected chi connectivity index (χ3v) is 13.0. The van der Waals surface area contributed by atoms with E-state index in [-0.39, 0.29) is 25.2 Å². The van der Waals surface area contributed by atoms with E-state index in [2.05, 4.69) is 20.8 Å². The molecule has 0 aromatic carbocycles. The van der Waals surface area contributed by atoms with Crippen LogP contribution in [-0.2, 0) is 9.47 Å². The summed E-state index contributed by atoms with van der Waals surface area (Å²) in [6.07, 6.45) is 11.9. The van der Waals surface area contributed by atoms with Crippen LogP contribution in [0.1, 0.15) is 100 Å². The zero-order valence-electron chi connectivity index (χ0n) is 20.8. The van der Waals surface area contributed by atoms with Crippen LogP contribution < -0.4 is 0 Å². The van der Waals surface area contributed by atoms with Crippen molar-refractivity contribution in [1.82, 2.24) is 0 Å². The Bertz CT molecular complexity index is 853. The molecule has 2 N–H and O–H groups in total. The van der Waals surface area contributed by atoms with Crippen LogP contribution in [0, 0.1) is 45.3 Å². The summed E-state index contributed by atoms with van der Waals surface area (Å²) in [5, 5.41) is 21.7. The molecular weight excluding hydrogens is 400 g/mol. The number of aliphatic hydroxyl groups is 2. The van der Waals surface area contributed by atoms with E-state index in [0.717, 1.165) is 25.2 Å². The smallest absolute Gasteiger partial charge is 0.173 e. The summed E-state index contributed by atoms with van der Waals surface area (Å²) in [5.74, 6) is 2.16. The largest absolute Gasteiger partial charge is 0.393 e. The fourth-order valence-corrected chi connectivity index (χ4v) is 11.6.